The van der Waals surface area contributed by atoms with Gasteiger partial charge >= 0.3 is 0 Å². The number of amides is 1. The third kappa shape index (κ3) is 6.72. The normalized spacial score (nSPS) is 11.3. The van der Waals surface area contributed by atoms with E-state index in [0.29, 0.717) is 12.8 Å². The lowest BCUT2D eigenvalue weighted by Gasteiger charge is -2.09. The van der Waals surface area contributed by atoms with Gasteiger partial charge in [0, 0.05) is 18.2 Å². The van der Waals surface area contributed by atoms with Gasteiger partial charge in [-0.1, -0.05) is 17.7 Å². The van der Waals surface area contributed by atoms with Crippen molar-refractivity contribution in [3.8, 4) is 11.5 Å². The number of rotatable bonds is 6. The molecule has 0 spiro atoms. The average molecular weight is 335 g/mol. The topological polar surface area (TPSA) is 64.3 Å². The monoisotopic (exact) mass is 334 g/mol. The van der Waals surface area contributed by atoms with Crippen molar-refractivity contribution in [2.45, 2.75) is 32.7 Å². The molecular formula is C18H23ClN2O2. The summed E-state index contributed by atoms with van der Waals surface area (Å²) < 4.78 is 5.74. The van der Waals surface area contributed by atoms with Crippen LogP contribution in [0.5, 0.6) is 11.5 Å². The van der Waals surface area contributed by atoms with Crippen molar-refractivity contribution in [1.29, 1.82) is 0 Å². The van der Waals surface area contributed by atoms with Gasteiger partial charge in [0.05, 0.1) is 0 Å². The van der Waals surface area contributed by atoms with Crippen LogP contribution in [0.3, 0.4) is 0 Å². The van der Waals surface area contributed by atoms with E-state index in [-0.39, 0.29) is 24.4 Å². The predicted molar refractivity (Wildman–Crippen MR) is 96.5 cm³/mol. The molecule has 4 nitrogen and oxygen atoms in total. The molecular weight excluding hydrogens is 312 g/mol. The Kier molecular flexibility index (Phi) is 7.59. The molecule has 2 aromatic carbocycles. The van der Waals surface area contributed by atoms with Crippen molar-refractivity contribution in [1.82, 2.24) is 0 Å². The number of halogens is 1. The summed E-state index contributed by atoms with van der Waals surface area (Å²) in [5.41, 5.74) is 7.59. The molecule has 3 N–H and O–H groups in total. The first-order valence-corrected chi connectivity index (χ1v) is 7.43. The van der Waals surface area contributed by atoms with Gasteiger partial charge in [-0.25, -0.2) is 0 Å². The number of carbonyl (C=O) groups is 1. The number of hydrogen-bond donors (Lipinski definition) is 2. The molecule has 124 valence electrons. The van der Waals surface area contributed by atoms with Crippen LogP contribution in [-0.4, -0.2) is 11.9 Å². The van der Waals surface area contributed by atoms with E-state index >= 15 is 0 Å². The van der Waals surface area contributed by atoms with E-state index in [1.54, 1.807) is 0 Å². The van der Waals surface area contributed by atoms with Crippen LogP contribution in [-0.2, 0) is 4.79 Å². The molecule has 1 atom stereocenters. The molecule has 0 saturated carbocycles. The average Bonchev–Trinajstić information content (AvgIpc) is 2.49. The first kappa shape index (κ1) is 19.0. The minimum Gasteiger partial charge on any atom is -0.457 e. The molecule has 0 aliphatic carbocycles. The second kappa shape index (κ2) is 9.18. The molecule has 0 heterocycles. The summed E-state index contributed by atoms with van der Waals surface area (Å²) in [5, 5.41) is 2.85. The third-order valence-corrected chi connectivity index (χ3v) is 3.22. The maximum absolute atomic E-state index is 11.7. The van der Waals surface area contributed by atoms with Gasteiger partial charge in [-0.3, -0.25) is 4.79 Å². The van der Waals surface area contributed by atoms with E-state index in [1.165, 1.54) is 5.56 Å². The molecule has 23 heavy (non-hydrogen) atoms. The Labute approximate surface area is 143 Å². The summed E-state index contributed by atoms with van der Waals surface area (Å²) >= 11 is 0. The summed E-state index contributed by atoms with van der Waals surface area (Å²) in [6, 6.07) is 15.2. The molecule has 0 bridgehead atoms. The van der Waals surface area contributed by atoms with Crippen molar-refractivity contribution in [2.75, 3.05) is 5.32 Å². The second-order valence-electron chi connectivity index (χ2n) is 5.50. The third-order valence-electron chi connectivity index (χ3n) is 3.22. The van der Waals surface area contributed by atoms with Gasteiger partial charge in [0.15, 0.2) is 0 Å². The standard InChI is InChI=1S/C18H22N2O2.ClH/c1-13-3-8-16(9-4-13)22-17-10-6-15(7-11-17)20-18(21)12-5-14(2)19;/h3-4,6-11,14H,5,12,19H2,1-2H3,(H,20,21);1H. The van der Waals surface area contributed by atoms with Crippen molar-refractivity contribution in [3.05, 3.63) is 54.1 Å². The number of nitrogens with one attached hydrogen (secondary N) is 1. The number of carbonyl (C=O) groups excluding carboxylic acids is 1. The fourth-order valence-electron chi connectivity index (χ4n) is 1.93. The van der Waals surface area contributed by atoms with Gasteiger partial charge < -0.3 is 15.8 Å². The fourth-order valence-corrected chi connectivity index (χ4v) is 1.93. The molecule has 2 rings (SSSR count). The SMILES string of the molecule is Cc1ccc(Oc2ccc(NC(=O)CCC(C)N)cc2)cc1.Cl. The maximum atomic E-state index is 11.7. The number of hydrogen-bond acceptors (Lipinski definition) is 3. The van der Waals surface area contributed by atoms with E-state index in [9.17, 15) is 4.79 Å². The van der Waals surface area contributed by atoms with Crippen LogP contribution in [0.4, 0.5) is 5.69 Å². The smallest absolute Gasteiger partial charge is 0.224 e. The lowest BCUT2D eigenvalue weighted by atomic mass is 10.2. The summed E-state index contributed by atoms with van der Waals surface area (Å²) in [6.07, 6.45) is 1.11. The molecule has 2 aromatic rings. The van der Waals surface area contributed by atoms with Crippen molar-refractivity contribution in [2.24, 2.45) is 5.73 Å². The molecule has 5 heteroatoms. The van der Waals surface area contributed by atoms with E-state index in [4.69, 9.17) is 10.5 Å². The quantitative estimate of drug-likeness (QED) is 0.828. The highest BCUT2D eigenvalue weighted by molar-refractivity contribution is 5.90. The Balaban J connectivity index is 0.00000264. The summed E-state index contributed by atoms with van der Waals surface area (Å²) in [7, 11) is 0. The van der Waals surface area contributed by atoms with E-state index < -0.39 is 0 Å². The van der Waals surface area contributed by atoms with Crippen LogP contribution in [0.15, 0.2) is 48.5 Å². The molecule has 0 saturated heterocycles. The zero-order valence-corrected chi connectivity index (χ0v) is 14.2. The first-order chi connectivity index (χ1) is 10.5. The fraction of sp³-hybridized carbons (Fsp3) is 0.278. The Morgan fingerprint density at radius 1 is 1.09 bits per heavy atom. The number of benzene rings is 2. The Bertz CT molecular complexity index is 610. The van der Waals surface area contributed by atoms with Crippen LogP contribution >= 0.6 is 12.4 Å². The summed E-state index contributed by atoms with van der Waals surface area (Å²) in [6.45, 7) is 3.93. The zero-order chi connectivity index (χ0) is 15.9. The first-order valence-electron chi connectivity index (χ1n) is 7.43. The van der Waals surface area contributed by atoms with E-state index in [1.807, 2.05) is 62.4 Å². The Morgan fingerprint density at radius 3 is 2.13 bits per heavy atom. The number of nitrogens with two attached hydrogens (primary N) is 1. The molecule has 0 aromatic heterocycles. The van der Waals surface area contributed by atoms with Crippen molar-refractivity contribution >= 4 is 24.0 Å². The molecule has 0 aliphatic heterocycles. The number of aryl methyl sites for hydroxylation is 1. The number of ether oxygens (including phenoxy) is 1. The van der Waals surface area contributed by atoms with E-state index in [2.05, 4.69) is 5.32 Å². The minimum atomic E-state index is -0.0236. The highest BCUT2D eigenvalue weighted by Gasteiger charge is 2.04. The minimum absolute atomic E-state index is 0. The largest absolute Gasteiger partial charge is 0.457 e. The van der Waals surface area contributed by atoms with Crippen LogP contribution in [0, 0.1) is 6.92 Å². The summed E-state index contributed by atoms with van der Waals surface area (Å²) in [5.74, 6) is 1.50. The zero-order valence-electron chi connectivity index (χ0n) is 13.4. The van der Waals surface area contributed by atoms with Crippen molar-refractivity contribution < 1.29 is 9.53 Å². The molecule has 0 radical (unpaired) electrons. The van der Waals surface area contributed by atoms with Crippen LogP contribution in [0.1, 0.15) is 25.3 Å². The van der Waals surface area contributed by atoms with Gasteiger partial charge in [0.25, 0.3) is 0 Å². The molecule has 0 fully saturated rings. The highest BCUT2D eigenvalue weighted by Crippen LogP contribution is 2.23. The highest BCUT2D eigenvalue weighted by atomic mass is 35.5. The Hall–Kier alpha value is -2.04. The van der Waals surface area contributed by atoms with E-state index in [0.717, 1.165) is 17.2 Å². The lowest BCUT2D eigenvalue weighted by Crippen LogP contribution is -2.19. The van der Waals surface area contributed by atoms with Gasteiger partial charge in [0.2, 0.25) is 5.91 Å². The maximum Gasteiger partial charge on any atom is 0.224 e. The van der Waals surface area contributed by atoms with Gasteiger partial charge in [-0.05, 0) is 56.7 Å². The number of anilines is 1. The van der Waals surface area contributed by atoms with Gasteiger partial charge in [-0.15, -0.1) is 12.4 Å². The van der Waals surface area contributed by atoms with Gasteiger partial charge in [-0.2, -0.15) is 0 Å². The van der Waals surface area contributed by atoms with Crippen LogP contribution in [0.25, 0.3) is 0 Å². The molecule has 1 amide bonds. The molecule has 0 aliphatic rings. The Morgan fingerprint density at radius 2 is 1.61 bits per heavy atom. The predicted octanol–water partition coefficient (Wildman–Crippen LogP) is 4.28. The second-order valence-corrected chi connectivity index (χ2v) is 5.50. The molecule has 1 unspecified atom stereocenters. The van der Waals surface area contributed by atoms with Gasteiger partial charge in [0.1, 0.15) is 11.5 Å². The van der Waals surface area contributed by atoms with Crippen LogP contribution < -0.4 is 15.8 Å². The summed E-state index contributed by atoms with van der Waals surface area (Å²) in [4.78, 5) is 11.7. The lowest BCUT2D eigenvalue weighted by molar-refractivity contribution is -0.116. The van der Waals surface area contributed by atoms with Crippen LogP contribution in [0.2, 0.25) is 0 Å². The van der Waals surface area contributed by atoms with Crippen molar-refractivity contribution in [3.63, 3.8) is 0 Å².